The first kappa shape index (κ1) is 17.8. The standard InChI is InChI=1S/C20H25N3O4/c24-15-7-5-13(6-8-15)11-16-20(27)23-10-9-22(12-17(23)18(25)21-16)19(26)14-3-1-2-4-14/h5-8,14,16-17,24H,1-4,9-12H2,(H,21,25). The number of piperazine rings is 2. The van der Waals surface area contributed by atoms with Crippen LogP contribution in [-0.2, 0) is 20.8 Å². The number of carbonyl (C=O) groups is 3. The first-order valence-electron chi connectivity index (χ1n) is 9.70. The highest BCUT2D eigenvalue weighted by Gasteiger charge is 2.44. The molecule has 3 amide bonds. The summed E-state index contributed by atoms with van der Waals surface area (Å²) < 4.78 is 0. The highest BCUT2D eigenvalue weighted by Crippen LogP contribution is 2.28. The summed E-state index contributed by atoms with van der Waals surface area (Å²) in [7, 11) is 0. The summed E-state index contributed by atoms with van der Waals surface area (Å²) in [6.45, 7) is 1.19. The molecule has 2 unspecified atom stereocenters. The predicted molar refractivity (Wildman–Crippen MR) is 97.8 cm³/mol. The molecule has 1 aliphatic carbocycles. The molecule has 7 heteroatoms. The monoisotopic (exact) mass is 371 g/mol. The van der Waals surface area contributed by atoms with E-state index >= 15 is 0 Å². The van der Waals surface area contributed by atoms with Crippen LogP contribution in [0.4, 0.5) is 0 Å². The zero-order valence-corrected chi connectivity index (χ0v) is 15.3. The van der Waals surface area contributed by atoms with Gasteiger partial charge in [-0.1, -0.05) is 25.0 Å². The highest BCUT2D eigenvalue weighted by atomic mass is 16.3. The summed E-state index contributed by atoms with van der Waals surface area (Å²) in [5.74, 6) is 0.101. The number of amides is 3. The number of rotatable bonds is 3. The number of phenolic OH excluding ortho intramolecular Hbond substituents is 1. The van der Waals surface area contributed by atoms with Crippen molar-refractivity contribution in [1.29, 1.82) is 0 Å². The average molecular weight is 371 g/mol. The molecule has 3 aliphatic rings. The smallest absolute Gasteiger partial charge is 0.246 e. The largest absolute Gasteiger partial charge is 0.508 e. The van der Waals surface area contributed by atoms with Crippen LogP contribution in [0.25, 0.3) is 0 Å². The van der Waals surface area contributed by atoms with Crippen LogP contribution in [0.15, 0.2) is 24.3 Å². The van der Waals surface area contributed by atoms with Crippen molar-refractivity contribution in [2.24, 2.45) is 5.92 Å². The molecular weight excluding hydrogens is 346 g/mol. The molecule has 2 atom stereocenters. The molecular formula is C20H25N3O4. The second kappa shape index (κ2) is 7.21. The van der Waals surface area contributed by atoms with Gasteiger partial charge in [-0.3, -0.25) is 14.4 Å². The van der Waals surface area contributed by atoms with E-state index in [1.807, 2.05) is 0 Å². The molecule has 2 N–H and O–H groups in total. The van der Waals surface area contributed by atoms with Gasteiger partial charge in [0.05, 0.1) is 6.54 Å². The van der Waals surface area contributed by atoms with Crippen LogP contribution >= 0.6 is 0 Å². The van der Waals surface area contributed by atoms with Crippen molar-refractivity contribution in [3.63, 3.8) is 0 Å². The Kier molecular flexibility index (Phi) is 4.76. The lowest BCUT2D eigenvalue weighted by Crippen LogP contribution is -2.70. The van der Waals surface area contributed by atoms with Gasteiger partial charge in [-0.2, -0.15) is 0 Å². The number of phenols is 1. The molecule has 0 aromatic heterocycles. The second-order valence-electron chi connectivity index (χ2n) is 7.74. The number of nitrogens with one attached hydrogen (secondary N) is 1. The van der Waals surface area contributed by atoms with Crippen molar-refractivity contribution >= 4 is 17.7 Å². The molecule has 2 heterocycles. The zero-order chi connectivity index (χ0) is 19.0. The third kappa shape index (κ3) is 3.50. The summed E-state index contributed by atoms with van der Waals surface area (Å²) in [6, 6.07) is 5.45. The fraction of sp³-hybridized carbons (Fsp3) is 0.550. The van der Waals surface area contributed by atoms with E-state index in [9.17, 15) is 19.5 Å². The van der Waals surface area contributed by atoms with Crippen LogP contribution < -0.4 is 5.32 Å². The summed E-state index contributed by atoms with van der Waals surface area (Å²) in [6.07, 6.45) is 4.45. The predicted octanol–water partition coefficient (Wildman–Crippen LogP) is 0.663. The topological polar surface area (TPSA) is 89.9 Å². The van der Waals surface area contributed by atoms with Crippen LogP contribution in [0.1, 0.15) is 31.2 Å². The summed E-state index contributed by atoms with van der Waals surface area (Å²) in [5, 5.41) is 12.2. The lowest BCUT2D eigenvalue weighted by Gasteiger charge is -2.45. The van der Waals surface area contributed by atoms with Crippen molar-refractivity contribution in [2.75, 3.05) is 19.6 Å². The Morgan fingerprint density at radius 1 is 1.11 bits per heavy atom. The van der Waals surface area contributed by atoms with Crippen LogP contribution in [0.3, 0.4) is 0 Å². The fourth-order valence-electron chi connectivity index (χ4n) is 4.44. The molecule has 1 saturated carbocycles. The van der Waals surface area contributed by atoms with Gasteiger partial charge in [0, 0.05) is 25.4 Å². The number of hydrogen-bond donors (Lipinski definition) is 2. The van der Waals surface area contributed by atoms with Gasteiger partial charge >= 0.3 is 0 Å². The van der Waals surface area contributed by atoms with Gasteiger partial charge in [-0.05, 0) is 30.5 Å². The molecule has 0 bridgehead atoms. The van der Waals surface area contributed by atoms with Crippen LogP contribution in [0, 0.1) is 5.92 Å². The summed E-state index contributed by atoms with van der Waals surface area (Å²) in [4.78, 5) is 41.6. The Bertz CT molecular complexity index is 742. The Labute approximate surface area is 158 Å². The van der Waals surface area contributed by atoms with Crippen molar-refractivity contribution in [2.45, 2.75) is 44.2 Å². The molecule has 4 rings (SSSR count). The first-order chi connectivity index (χ1) is 13.0. The number of hydrogen-bond acceptors (Lipinski definition) is 4. The Morgan fingerprint density at radius 2 is 1.81 bits per heavy atom. The molecule has 144 valence electrons. The van der Waals surface area contributed by atoms with Crippen molar-refractivity contribution in [1.82, 2.24) is 15.1 Å². The molecule has 7 nitrogen and oxygen atoms in total. The fourth-order valence-corrected chi connectivity index (χ4v) is 4.44. The lowest BCUT2D eigenvalue weighted by molar-refractivity contribution is -0.156. The quantitative estimate of drug-likeness (QED) is 0.817. The van der Waals surface area contributed by atoms with E-state index in [1.165, 1.54) is 0 Å². The summed E-state index contributed by atoms with van der Waals surface area (Å²) in [5.41, 5.74) is 0.875. The molecule has 3 fully saturated rings. The lowest BCUT2D eigenvalue weighted by atomic mass is 9.97. The number of fused-ring (bicyclic) bond motifs is 1. The normalized spacial score (nSPS) is 26.1. The van der Waals surface area contributed by atoms with Gasteiger partial charge in [0.2, 0.25) is 17.7 Å². The van der Waals surface area contributed by atoms with E-state index in [0.717, 1.165) is 31.2 Å². The number of benzene rings is 1. The number of aromatic hydroxyl groups is 1. The van der Waals surface area contributed by atoms with Crippen molar-refractivity contribution in [3.8, 4) is 5.75 Å². The Balaban J connectivity index is 1.42. The van der Waals surface area contributed by atoms with Gasteiger partial charge in [0.15, 0.2) is 0 Å². The SMILES string of the molecule is O=C1NC(Cc2ccc(O)cc2)C(=O)N2CCN(C(=O)C3CCCC3)CC12. The Morgan fingerprint density at radius 3 is 2.52 bits per heavy atom. The minimum Gasteiger partial charge on any atom is -0.508 e. The maximum absolute atomic E-state index is 12.9. The van der Waals surface area contributed by atoms with E-state index in [-0.39, 0.29) is 29.4 Å². The molecule has 1 aromatic carbocycles. The number of nitrogens with zero attached hydrogens (tertiary/aromatic N) is 2. The molecule has 2 aliphatic heterocycles. The van der Waals surface area contributed by atoms with Crippen molar-refractivity contribution < 1.29 is 19.5 Å². The van der Waals surface area contributed by atoms with Crippen LogP contribution in [-0.4, -0.2) is 64.3 Å². The minimum absolute atomic E-state index is 0.0844. The summed E-state index contributed by atoms with van der Waals surface area (Å²) >= 11 is 0. The molecule has 0 spiro atoms. The third-order valence-electron chi connectivity index (χ3n) is 5.97. The van der Waals surface area contributed by atoms with E-state index in [1.54, 1.807) is 34.1 Å². The van der Waals surface area contributed by atoms with E-state index in [4.69, 9.17) is 0 Å². The van der Waals surface area contributed by atoms with E-state index in [2.05, 4.69) is 5.32 Å². The van der Waals surface area contributed by atoms with E-state index < -0.39 is 12.1 Å². The average Bonchev–Trinajstić information content (AvgIpc) is 3.21. The second-order valence-corrected chi connectivity index (χ2v) is 7.74. The van der Waals surface area contributed by atoms with Gasteiger partial charge in [0.1, 0.15) is 17.8 Å². The third-order valence-corrected chi connectivity index (χ3v) is 5.97. The molecule has 0 radical (unpaired) electrons. The highest BCUT2D eigenvalue weighted by molar-refractivity contribution is 5.98. The minimum atomic E-state index is -0.602. The first-order valence-corrected chi connectivity index (χ1v) is 9.70. The van der Waals surface area contributed by atoms with Gasteiger partial charge in [0.25, 0.3) is 0 Å². The van der Waals surface area contributed by atoms with Crippen molar-refractivity contribution in [3.05, 3.63) is 29.8 Å². The van der Waals surface area contributed by atoms with Crippen LogP contribution in [0.2, 0.25) is 0 Å². The van der Waals surface area contributed by atoms with Gasteiger partial charge < -0.3 is 20.2 Å². The van der Waals surface area contributed by atoms with Crippen LogP contribution in [0.5, 0.6) is 5.75 Å². The Hall–Kier alpha value is -2.57. The van der Waals surface area contributed by atoms with Gasteiger partial charge in [-0.15, -0.1) is 0 Å². The number of carbonyl (C=O) groups excluding carboxylic acids is 3. The molecule has 27 heavy (non-hydrogen) atoms. The van der Waals surface area contributed by atoms with Gasteiger partial charge in [-0.25, -0.2) is 0 Å². The van der Waals surface area contributed by atoms with E-state index in [0.29, 0.717) is 26.1 Å². The molecule has 1 aromatic rings. The molecule has 2 saturated heterocycles. The maximum Gasteiger partial charge on any atom is 0.246 e. The maximum atomic E-state index is 12.9. The zero-order valence-electron chi connectivity index (χ0n) is 15.3.